The molecule has 0 atom stereocenters. The molecule has 0 aliphatic carbocycles. The lowest BCUT2D eigenvalue weighted by Crippen LogP contribution is -2.37. The second-order valence-corrected chi connectivity index (χ2v) is 5.52. The second kappa shape index (κ2) is 6.69. The van der Waals surface area contributed by atoms with Crippen LogP contribution in [0.2, 0.25) is 0 Å². The summed E-state index contributed by atoms with van der Waals surface area (Å²) in [6.07, 6.45) is 1.19. The number of nitrogens with one attached hydrogen (secondary N) is 1. The SMILES string of the molecule is O=C(OCC(=O)N1CCNC1=O)c1ccccc1N1CCCC1=O. The Kier molecular flexibility index (Phi) is 4.45. The van der Waals surface area contributed by atoms with Gasteiger partial charge in [-0.1, -0.05) is 12.1 Å². The van der Waals surface area contributed by atoms with Crippen molar-refractivity contribution in [3.8, 4) is 0 Å². The van der Waals surface area contributed by atoms with Crippen LogP contribution in [0.15, 0.2) is 24.3 Å². The molecule has 2 aliphatic rings. The van der Waals surface area contributed by atoms with Crippen LogP contribution in [0.25, 0.3) is 0 Å². The third-order valence-corrected chi connectivity index (χ3v) is 3.97. The van der Waals surface area contributed by atoms with E-state index in [2.05, 4.69) is 5.32 Å². The Labute approximate surface area is 138 Å². The van der Waals surface area contributed by atoms with Gasteiger partial charge in [-0.25, -0.2) is 9.59 Å². The number of nitrogens with zero attached hydrogens (tertiary/aromatic N) is 2. The number of esters is 1. The summed E-state index contributed by atoms with van der Waals surface area (Å²) in [7, 11) is 0. The molecule has 2 aliphatic heterocycles. The van der Waals surface area contributed by atoms with Crippen molar-refractivity contribution in [1.82, 2.24) is 10.2 Å². The molecule has 1 N–H and O–H groups in total. The van der Waals surface area contributed by atoms with Gasteiger partial charge in [-0.2, -0.15) is 0 Å². The number of hydrogen-bond donors (Lipinski definition) is 1. The van der Waals surface area contributed by atoms with Crippen molar-refractivity contribution in [3.63, 3.8) is 0 Å². The van der Waals surface area contributed by atoms with E-state index in [1.165, 1.54) is 0 Å². The van der Waals surface area contributed by atoms with Crippen LogP contribution in [0.1, 0.15) is 23.2 Å². The summed E-state index contributed by atoms with van der Waals surface area (Å²) in [5.74, 6) is -1.31. The molecule has 0 spiro atoms. The fraction of sp³-hybridized carbons (Fsp3) is 0.375. The highest BCUT2D eigenvalue weighted by Crippen LogP contribution is 2.25. The predicted octanol–water partition coefficient (Wildman–Crippen LogP) is 0.522. The topological polar surface area (TPSA) is 96.0 Å². The van der Waals surface area contributed by atoms with E-state index in [1.807, 2.05) is 0 Å². The Morgan fingerprint density at radius 1 is 1.17 bits per heavy atom. The van der Waals surface area contributed by atoms with Crippen LogP contribution in [0, 0.1) is 0 Å². The van der Waals surface area contributed by atoms with E-state index in [4.69, 9.17) is 4.74 Å². The maximum absolute atomic E-state index is 12.3. The van der Waals surface area contributed by atoms with Crippen molar-refractivity contribution in [2.75, 3.05) is 31.1 Å². The second-order valence-electron chi connectivity index (χ2n) is 5.52. The number of hydrogen-bond acceptors (Lipinski definition) is 5. The van der Waals surface area contributed by atoms with E-state index in [9.17, 15) is 19.2 Å². The average Bonchev–Trinajstić information content (AvgIpc) is 3.20. The molecule has 3 rings (SSSR count). The number of imide groups is 1. The lowest BCUT2D eigenvalue weighted by atomic mass is 10.1. The molecular weight excluding hydrogens is 314 g/mol. The van der Waals surface area contributed by atoms with Crippen molar-refractivity contribution in [1.29, 1.82) is 0 Å². The van der Waals surface area contributed by atoms with Crippen molar-refractivity contribution < 1.29 is 23.9 Å². The molecule has 0 aromatic heterocycles. The zero-order chi connectivity index (χ0) is 17.1. The molecule has 0 radical (unpaired) electrons. The quantitative estimate of drug-likeness (QED) is 0.812. The van der Waals surface area contributed by atoms with E-state index in [0.717, 1.165) is 11.3 Å². The summed E-state index contributed by atoms with van der Waals surface area (Å²) in [4.78, 5) is 50.1. The van der Waals surface area contributed by atoms with Gasteiger partial charge in [-0.05, 0) is 18.6 Å². The van der Waals surface area contributed by atoms with E-state index in [0.29, 0.717) is 25.2 Å². The molecule has 126 valence electrons. The molecule has 0 unspecified atom stereocenters. The molecule has 24 heavy (non-hydrogen) atoms. The van der Waals surface area contributed by atoms with Crippen LogP contribution in [0.3, 0.4) is 0 Å². The van der Waals surface area contributed by atoms with Crippen LogP contribution in [0.5, 0.6) is 0 Å². The molecule has 0 saturated carbocycles. The molecule has 2 saturated heterocycles. The fourth-order valence-electron chi connectivity index (χ4n) is 2.78. The van der Waals surface area contributed by atoms with Gasteiger partial charge in [0.05, 0.1) is 11.3 Å². The van der Waals surface area contributed by atoms with Crippen LogP contribution < -0.4 is 10.2 Å². The summed E-state index contributed by atoms with van der Waals surface area (Å²) in [6, 6.07) is 6.14. The number of para-hydroxylation sites is 1. The predicted molar refractivity (Wildman–Crippen MR) is 83.4 cm³/mol. The number of ether oxygens (including phenoxy) is 1. The van der Waals surface area contributed by atoms with Gasteiger partial charge in [0, 0.05) is 26.1 Å². The largest absolute Gasteiger partial charge is 0.452 e. The highest BCUT2D eigenvalue weighted by molar-refractivity contribution is 6.04. The number of amides is 4. The van der Waals surface area contributed by atoms with E-state index >= 15 is 0 Å². The van der Waals surface area contributed by atoms with E-state index in [-0.39, 0.29) is 18.0 Å². The maximum Gasteiger partial charge on any atom is 0.340 e. The standard InChI is InChI=1S/C16H17N3O5/c20-13-6-3-8-18(13)12-5-2-1-4-11(12)15(22)24-10-14(21)19-9-7-17-16(19)23/h1-2,4-5H,3,6-10H2,(H,17,23). The van der Waals surface area contributed by atoms with Gasteiger partial charge in [-0.15, -0.1) is 0 Å². The van der Waals surface area contributed by atoms with E-state index < -0.39 is 24.5 Å². The Hall–Kier alpha value is -2.90. The normalized spacial score (nSPS) is 17.2. The summed E-state index contributed by atoms with van der Waals surface area (Å²) < 4.78 is 5.04. The smallest absolute Gasteiger partial charge is 0.340 e. The Bertz CT molecular complexity index is 703. The molecular formula is C16H17N3O5. The van der Waals surface area contributed by atoms with Gasteiger partial charge in [0.15, 0.2) is 6.61 Å². The molecule has 8 nitrogen and oxygen atoms in total. The van der Waals surface area contributed by atoms with Gasteiger partial charge in [0.2, 0.25) is 5.91 Å². The first-order chi connectivity index (χ1) is 11.6. The van der Waals surface area contributed by atoms with Crippen molar-refractivity contribution in [3.05, 3.63) is 29.8 Å². The van der Waals surface area contributed by atoms with Crippen LogP contribution in [-0.2, 0) is 14.3 Å². The maximum atomic E-state index is 12.3. The minimum Gasteiger partial charge on any atom is -0.452 e. The summed E-state index contributed by atoms with van der Waals surface area (Å²) >= 11 is 0. The first kappa shape index (κ1) is 16.0. The van der Waals surface area contributed by atoms with Crippen LogP contribution in [-0.4, -0.2) is 55.0 Å². The van der Waals surface area contributed by atoms with E-state index in [1.54, 1.807) is 29.2 Å². The minimum atomic E-state index is -0.696. The van der Waals surface area contributed by atoms with Crippen LogP contribution in [0.4, 0.5) is 10.5 Å². The van der Waals surface area contributed by atoms with Crippen molar-refractivity contribution in [2.45, 2.75) is 12.8 Å². The minimum absolute atomic E-state index is 0.0416. The number of anilines is 1. The lowest BCUT2D eigenvalue weighted by Gasteiger charge is -2.19. The average molecular weight is 331 g/mol. The summed E-state index contributed by atoms with van der Waals surface area (Å²) in [5, 5.41) is 2.50. The zero-order valence-corrected chi connectivity index (χ0v) is 13.0. The van der Waals surface area contributed by atoms with Gasteiger partial charge >= 0.3 is 12.0 Å². The van der Waals surface area contributed by atoms with Crippen molar-refractivity contribution in [2.24, 2.45) is 0 Å². The Balaban J connectivity index is 1.68. The molecule has 1 aromatic rings. The van der Waals surface area contributed by atoms with Gasteiger partial charge in [0.25, 0.3) is 5.91 Å². The number of carbonyl (C=O) groups is 4. The molecule has 2 fully saturated rings. The first-order valence-electron chi connectivity index (χ1n) is 7.72. The highest BCUT2D eigenvalue weighted by atomic mass is 16.5. The monoisotopic (exact) mass is 331 g/mol. The molecule has 0 bridgehead atoms. The first-order valence-corrected chi connectivity index (χ1v) is 7.72. The Morgan fingerprint density at radius 2 is 1.96 bits per heavy atom. The van der Waals surface area contributed by atoms with Crippen LogP contribution >= 0.6 is 0 Å². The highest BCUT2D eigenvalue weighted by Gasteiger charge is 2.29. The number of carbonyl (C=O) groups excluding carboxylic acids is 4. The van der Waals surface area contributed by atoms with Gasteiger partial charge in [0.1, 0.15) is 0 Å². The third kappa shape index (κ3) is 3.08. The molecule has 1 aromatic carbocycles. The number of benzene rings is 1. The van der Waals surface area contributed by atoms with Gasteiger partial charge < -0.3 is 15.0 Å². The number of rotatable bonds is 4. The molecule has 4 amide bonds. The zero-order valence-electron chi connectivity index (χ0n) is 13.0. The fourth-order valence-corrected chi connectivity index (χ4v) is 2.78. The summed E-state index contributed by atoms with van der Waals surface area (Å²) in [5.41, 5.74) is 0.711. The van der Waals surface area contributed by atoms with Gasteiger partial charge in [-0.3, -0.25) is 14.5 Å². The number of urea groups is 1. The van der Waals surface area contributed by atoms with Crippen molar-refractivity contribution >= 4 is 29.5 Å². The summed E-state index contributed by atoms with van der Waals surface area (Å²) in [6.45, 7) is 0.678. The Morgan fingerprint density at radius 3 is 2.62 bits per heavy atom. The molecule has 8 heteroatoms. The third-order valence-electron chi connectivity index (χ3n) is 3.97. The lowest BCUT2D eigenvalue weighted by molar-refractivity contribution is -0.130. The molecule has 2 heterocycles.